The van der Waals surface area contributed by atoms with Gasteiger partial charge in [0.15, 0.2) is 5.65 Å². The van der Waals surface area contributed by atoms with E-state index in [0.29, 0.717) is 28.2 Å². The highest BCUT2D eigenvalue weighted by atomic mass is 16.2. The van der Waals surface area contributed by atoms with Crippen LogP contribution in [-0.2, 0) is 18.4 Å². The molecule has 2 aromatic heterocycles. The number of hydrogen-bond donors (Lipinski definition) is 4. The van der Waals surface area contributed by atoms with Gasteiger partial charge in [-0.05, 0) is 31.0 Å². The summed E-state index contributed by atoms with van der Waals surface area (Å²) < 4.78 is 1.50. The Hall–Kier alpha value is -3.69. The first-order valence-corrected chi connectivity index (χ1v) is 10.4. The number of anilines is 2. The fourth-order valence-electron chi connectivity index (χ4n) is 3.78. The molecular formula is C21H25N7O3. The Morgan fingerprint density at radius 2 is 1.90 bits per heavy atom. The van der Waals surface area contributed by atoms with Gasteiger partial charge in [0.1, 0.15) is 11.2 Å². The quantitative estimate of drug-likeness (QED) is 0.500. The molecule has 3 amide bonds. The summed E-state index contributed by atoms with van der Waals surface area (Å²) in [4.78, 5) is 43.7. The number of aromatic nitrogens is 4. The van der Waals surface area contributed by atoms with Crippen molar-refractivity contribution >= 4 is 34.3 Å². The summed E-state index contributed by atoms with van der Waals surface area (Å²) in [5.41, 5.74) is 1.32. The van der Waals surface area contributed by atoms with Crippen molar-refractivity contribution in [2.75, 3.05) is 10.6 Å². The van der Waals surface area contributed by atoms with E-state index in [0.717, 1.165) is 25.7 Å². The summed E-state index contributed by atoms with van der Waals surface area (Å²) in [5, 5.41) is 12.7. The summed E-state index contributed by atoms with van der Waals surface area (Å²) in [6.45, 7) is 0.0420. The lowest BCUT2D eigenvalue weighted by Crippen LogP contribution is -2.30. The standard InChI is InChI=1S/C21H25N7O3/c1-28-18-16(11-23-28)20(30)27-17(26-18)12-22-21(31)25-15-9-5-8-14(10-15)24-19(29)13-6-3-2-4-7-13/h5,8-11,13H,2-4,6-7,12H2,1H3,(H,24,29)(H2,22,25,31)(H,26,27,30). The normalized spacial score (nSPS) is 14.4. The molecule has 1 aromatic carbocycles. The van der Waals surface area contributed by atoms with Crippen molar-refractivity contribution in [1.82, 2.24) is 25.1 Å². The Morgan fingerprint density at radius 3 is 2.68 bits per heavy atom. The molecule has 0 atom stereocenters. The van der Waals surface area contributed by atoms with Crippen LogP contribution in [0, 0.1) is 5.92 Å². The number of nitrogens with one attached hydrogen (secondary N) is 4. The number of hydrogen-bond acceptors (Lipinski definition) is 5. The zero-order valence-corrected chi connectivity index (χ0v) is 17.3. The van der Waals surface area contributed by atoms with Gasteiger partial charge in [0.05, 0.1) is 12.7 Å². The average Bonchev–Trinajstić information content (AvgIpc) is 3.14. The average molecular weight is 423 g/mol. The van der Waals surface area contributed by atoms with Crippen LogP contribution in [0.1, 0.15) is 37.9 Å². The Morgan fingerprint density at radius 1 is 1.16 bits per heavy atom. The van der Waals surface area contributed by atoms with Crippen LogP contribution >= 0.6 is 0 Å². The second kappa shape index (κ2) is 8.99. The highest BCUT2D eigenvalue weighted by Crippen LogP contribution is 2.25. The second-order valence-corrected chi connectivity index (χ2v) is 7.73. The van der Waals surface area contributed by atoms with Gasteiger partial charge in [-0.1, -0.05) is 25.3 Å². The maximum Gasteiger partial charge on any atom is 0.319 e. The molecule has 2 heterocycles. The van der Waals surface area contributed by atoms with Gasteiger partial charge in [0, 0.05) is 24.3 Å². The number of carbonyl (C=O) groups is 2. The molecule has 0 saturated heterocycles. The number of aryl methyl sites for hydroxylation is 1. The molecule has 1 fully saturated rings. The molecule has 0 aliphatic heterocycles. The molecule has 4 N–H and O–H groups in total. The molecule has 1 aliphatic rings. The van der Waals surface area contributed by atoms with Crippen LogP contribution in [0.5, 0.6) is 0 Å². The molecule has 1 aliphatic carbocycles. The molecule has 0 unspecified atom stereocenters. The van der Waals surface area contributed by atoms with Gasteiger partial charge in [-0.15, -0.1) is 0 Å². The number of rotatable bonds is 5. The van der Waals surface area contributed by atoms with Crippen LogP contribution < -0.4 is 21.5 Å². The third-order valence-corrected chi connectivity index (χ3v) is 5.43. The summed E-state index contributed by atoms with van der Waals surface area (Å²) in [5.74, 6) is 0.409. The fraction of sp³-hybridized carbons (Fsp3) is 0.381. The number of aromatic amines is 1. The van der Waals surface area contributed by atoms with E-state index in [1.165, 1.54) is 17.3 Å². The van der Waals surface area contributed by atoms with E-state index in [9.17, 15) is 14.4 Å². The van der Waals surface area contributed by atoms with Crippen LogP contribution in [0.4, 0.5) is 16.2 Å². The van der Waals surface area contributed by atoms with Crippen LogP contribution in [0.15, 0.2) is 35.3 Å². The zero-order chi connectivity index (χ0) is 21.8. The topological polar surface area (TPSA) is 134 Å². The van der Waals surface area contributed by atoms with Gasteiger partial charge in [-0.25, -0.2) is 9.78 Å². The summed E-state index contributed by atoms with van der Waals surface area (Å²) in [6, 6.07) is 6.55. The smallest absolute Gasteiger partial charge is 0.319 e. The number of H-pyrrole nitrogens is 1. The molecule has 31 heavy (non-hydrogen) atoms. The van der Waals surface area contributed by atoms with E-state index in [2.05, 4.69) is 31.0 Å². The first-order valence-electron chi connectivity index (χ1n) is 10.4. The van der Waals surface area contributed by atoms with E-state index in [4.69, 9.17) is 0 Å². The lowest BCUT2D eigenvalue weighted by Gasteiger charge is -2.20. The van der Waals surface area contributed by atoms with Crippen LogP contribution in [0.25, 0.3) is 11.0 Å². The minimum absolute atomic E-state index is 0.0295. The second-order valence-electron chi connectivity index (χ2n) is 7.73. The summed E-state index contributed by atoms with van der Waals surface area (Å²) in [6.07, 6.45) is 6.67. The minimum Gasteiger partial charge on any atom is -0.331 e. The molecule has 1 saturated carbocycles. The van der Waals surface area contributed by atoms with Crippen molar-refractivity contribution in [2.45, 2.75) is 38.6 Å². The molecule has 0 radical (unpaired) electrons. The molecular weight excluding hydrogens is 398 g/mol. The van der Waals surface area contributed by atoms with E-state index in [1.54, 1.807) is 31.3 Å². The number of amides is 3. The Labute approximate surface area is 178 Å². The Balaban J connectivity index is 1.34. The molecule has 3 aromatic rings. The number of fused-ring (bicyclic) bond motifs is 1. The van der Waals surface area contributed by atoms with Gasteiger partial charge in [-0.3, -0.25) is 14.3 Å². The van der Waals surface area contributed by atoms with Gasteiger partial charge >= 0.3 is 6.03 Å². The van der Waals surface area contributed by atoms with Crippen molar-refractivity contribution in [3.05, 3.63) is 46.6 Å². The molecule has 0 spiro atoms. The van der Waals surface area contributed by atoms with E-state index in [1.807, 2.05) is 0 Å². The van der Waals surface area contributed by atoms with E-state index < -0.39 is 6.03 Å². The molecule has 10 nitrogen and oxygen atoms in total. The van der Waals surface area contributed by atoms with Crippen LogP contribution in [0.3, 0.4) is 0 Å². The van der Waals surface area contributed by atoms with Gasteiger partial charge in [-0.2, -0.15) is 5.10 Å². The Kier molecular flexibility index (Phi) is 5.96. The van der Waals surface area contributed by atoms with Crippen LogP contribution in [0.2, 0.25) is 0 Å². The zero-order valence-electron chi connectivity index (χ0n) is 17.3. The minimum atomic E-state index is -0.455. The van der Waals surface area contributed by atoms with E-state index in [-0.39, 0.29) is 23.9 Å². The number of carbonyl (C=O) groups excluding carboxylic acids is 2. The van der Waals surface area contributed by atoms with Crippen molar-refractivity contribution < 1.29 is 9.59 Å². The van der Waals surface area contributed by atoms with Gasteiger partial charge < -0.3 is 20.9 Å². The number of benzene rings is 1. The molecule has 4 rings (SSSR count). The summed E-state index contributed by atoms with van der Waals surface area (Å²) >= 11 is 0. The maximum absolute atomic E-state index is 12.4. The lowest BCUT2D eigenvalue weighted by molar-refractivity contribution is -0.120. The summed E-state index contributed by atoms with van der Waals surface area (Å²) in [7, 11) is 1.69. The number of urea groups is 1. The highest BCUT2D eigenvalue weighted by Gasteiger charge is 2.21. The predicted molar refractivity (Wildman–Crippen MR) is 117 cm³/mol. The third-order valence-electron chi connectivity index (χ3n) is 5.43. The van der Waals surface area contributed by atoms with Crippen molar-refractivity contribution in [3.63, 3.8) is 0 Å². The number of nitrogens with zero attached hydrogens (tertiary/aromatic N) is 3. The molecule has 0 bridgehead atoms. The first-order chi connectivity index (χ1) is 15.0. The van der Waals surface area contributed by atoms with Crippen molar-refractivity contribution in [2.24, 2.45) is 13.0 Å². The monoisotopic (exact) mass is 423 g/mol. The van der Waals surface area contributed by atoms with Crippen LogP contribution in [-0.4, -0.2) is 31.7 Å². The Bertz CT molecular complexity index is 1160. The maximum atomic E-state index is 12.4. The first kappa shape index (κ1) is 20.6. The SMILES string of the molecule is Cn1ncc2c(=O)[nH]c(CNC(=O)Nc3cccc(NC(=O)C4CCCCC4)c3)nc21. The highest BCUT2D eigenvalue weighted by molar-refractivity contribution is 5.94. The van der Waals surface area contributed by atoms with Crippen molar-refractivity contribution in [1.29, 1.82) is 0 Å². The van der Waals surface area contributed by atoms with E-state index >= 15 is 0 Å². The molecule has 162 valence electrons. The largest absolute Gasteiger partial charge is 0.331 e. The van der Waals surface area contributed by atoms with Gasteiger partial charge in [0.25, 0.3) is 5.56 Å². The van der Waals surface area contributed by atoms with Gasteiger partial charge in [0.2, 0.25) is 5.91 Å². The lowest BCUT2D eigenvalue weighted by atomic mass is 9.88. The predicted octanol–water partition coefficient (Wildman–Crippen LogP) is 2.50. The molecule has 10 heteroatoms. The fourth-order valence-corrected chi connectivity index (χ4v) is 3.78. The van der Waals surface area contributed by atoms with Crippen molar-refractivity contribution in [3.8, 4) is 0 Å². The third kappa shape index (κ3) is 4.90.